The maximum Gasteiger partial charge on any atom is 0.328 e. The molecule has 1 aliphatic rings. The lowest BCUT2D eigenvalue weighted by Gasteiger charge is -2.26. The van der Waals surface area contributed by atoms with Gasteiger partial charge in [-0.1, -0.05) is 0 Å². The van der Waals surface area contributed by atoms with Crippen LogP contribution in [0.5, 0.6) is 0 Å². The Labute approximate surface area is 123 Å². The molecule has 0 bridgehead atoms. The van der Waals surface area contributed by atoms with Crippen LogP contribution in [0.4, 0.5) is 14.6 Å². The quantitative estimate of drug-likeness (QED) is 0.715. The van der Waals surface area contributed by atoms with Crippen LogP contribution in [0.15, 0.2) is 6.20 Å². The average molecular weight is 315 g/mol. The highest BCUT2D eigenvalue weighted by molar-refractivity contribution is 5.59. The van der Waals surface area contributed by atoms with Gasteiger partial charge < -0.3 is 20.7 Å². The molecular weight excluding hydrogens is 300 g/mol. The highest BCUT2D eigenvalue weighted by atomic mass is 19.1. The highest BCUT2D eigenvalue weighted by Gasteiger charge is 2.53. The van der Waals surface area contributed by atoms with E-state index in [1.807, 2.05) is 0 Å². The number of ether oxygens (including phenoxy) is 1. The minimum absolute atomic E-state index is 0.0489. The van der Waals surface area contributed by atoms with Gasteiger partial charge in [0.05, 0.1) is 17.5 Å². The van der Waals surface area contributed by atoms with Crippen molar-refractivity contribution in [2.24, 2.45) is 0 Å². The molecule has 1 aliphatic heterocycles. The zero-order valence-electron chi connectivity index (χ0n) is 11.6. The van der Waals surface area contributed by atoms with Crippen LogP contribution in [0.25, 0.3) is 5.65 Å². The topological polar surface area (TPSA) is 119 Å². The monoisotopic (exact) mass is 315 g/mol. The normalized spacial score (nSPS) is 32.0. The van der Waals surface area contributed by atoms with Gasteiger partial charge in [0.2, 0.25) is 0 Å². The number of halogens is 2. The molecule has 22 heavy (non-hydrogen) atoms. The van der Waals surface area contributed by atoms with Crippen molar-refractivity contribution in [3.8, 4) is 0 Å². The Morgan fingerprint density at radius 2 is 2.27 bits per heavy atom. The van der Waals surface area contributed by atoms with Crippen LogP contribution < -0.4 is 5.73 Å². The molecule has 10 heteroatoms. The number of hydrogen-bond acceptors (Lipinski definition) is 7. The van der Waals surface area contributed by atoms with Crippen LogP contribution in [0.2, 0.25) is 0 Å². The lowest BCUT2D eigenvalue weighted by atomic mass is 9.94. The zero-order valence-corrected chi connectivity index (χ0v) is 11.6. The molecular formula is C12H15F2N5O3. The second kappa shape index (κ2) is 5.07. The number of alkyl halides is 1. The van der Waals surface area contributed by atoms with Gasteiger partial charge >= 0.3 is 6.08 Å². The molecule has 120 valence electrons. The van der Waals surface area contributed by atoms with Crippen molar-refractivity contribution < 1.29 is 23.7 Å². The minimum atomic E-state index is -1.78. The molecule has 0 unspecified atom stereocenters. The molecule has 0 saturated carbocycles. The number of fused-ring (bicyclic) bond motifs is 1. The first-order valence-corrected chi connectivity index (χ1v) is 6.65. The van der Waals surface area contributed by atoms with Crippen LogP contribution in [0.1, 0.15) is 25.1 Å². The average Bonchev–Trinajstić information content (AvgIpc) is 2.95. The van der Waals surface area contributed by atoms with Crippen LogP contribution >= 0.6 is 0 Å². The molecule has 0 radical (unpaired) electrons. The summed E-state index contributed by atoms with van der Waals surface area (Å²) in [6, 6.07) is 0. The number of anilines is 1. The number of imidazole rings is 1. The second-order valence-corrected chi connectivity index (χ2v) is 5.40. The van der Waals surface area contributed by atoms with Gasteiger partial charge in [0, 0.05) is 13.0 Å². The third-order valence-electron chi connectivity index (χ3n) is 3.90. The van der Waals surface area contributed by atoms with Crippen LogP contribution in [0.3, 0.4) is 0 Å². The third-order valence-corrected chi connectivity index (χ3v) is 3.90. The molecule has 0 aliphatic carbocycles. The first-order chi connectivity index (χ1) is 10.4. The summed E-state index contributed by atoms with van der Waals surface area (Å²) < 4.78 is 34.3. The fourth-order valence-electron chi connectivity index (χ4n) is 2.67. The van der Waals surface area contributed by atoms with Crippen molar-refractivity contribution in [3.05, 3.63) is 18.0 Å². The molecule has 4 atom stereocenters. The summed E-state index contributed by atoms with van der Waals surface area (Å²) in [5.41, 5.74) is 4.45. The number of rotatable bonds is 3. The number of aliphatic hydroxyl groups is 2. The van der Waals surface area contributed by atoms with E-state index in [2.05, 4.69) is 15.1 Å². The van der Waals surface area contributed by atoms with Crippen molar-refractivity contribution in [2.75, 3.05) is 12.3 Å². The second-order valence-electron chi connectivity index (χ2n) is 5.40. The Kier molecular flexibility index (Phi) is 3.46. The van der Waals surface area contributed by atoms with Gasteiger partial charge in [-0.3, -0.25) is 0 Å². The van der Waals surface area contributed by atoms with Crippen LogP contribution in [-0.2, 0) is 4.74 Å². The first-order valence-electron chi connectivity index (χ1n) is 6.65. The molecule has 0 aromatic carbocycles. The molecule has 0 amide bonds. The summed E-state index contributed by atoms with van der Waals surface area (Å²) in [5, 5.41) is 22.6. The van der Waals surface area contributed by atoms with E-state index in [0.29, 0.717) is 0 Å². The molecule has 2 aromatic heterocycles. The first kappa shape index (κ1) is 15.0. The number of nitrogen functional groups attached to an aromatic ring is 1. The van der Waals surface area contributed by atoms with Gasteiger partial charge in [0.15, 0.2) is 17.6 Å². The maximum absolute atomic E-state index is 14.4. The van der Waals surface area contributed by atoms with E-state index in [9.17, 15) is 13.9 Å². The number of aromatic nitrogens is 4. The SMILES string of the molecule is C[C@]1(CCO)O[C@@H](c2cnc3c(N)nc(F)nn23)[C@H](F)[C@@H]1O. The van der Waals surface area contributed by atoms with Crippen molar-refractivity contribution >= 4 is 11.5 Å². The van der Waals surface area contributed by atoms with Gasteiger partial charge in [-0.2, -0.15) is 9.37 Å². The highest BCUT2D eigenvalue weighted by Crippen LogP contribution is 2.43. The lowest BCUT2D eigenvalue weighted by Crippen LogP contribution is -2.39. The Morgan fingerprint density at radius 3 is 2.95 bits per heavy atom. The van der Waals surface area contributed by atoms with E-state index < -0.39 is 30.1 Å². The standard InChI is InChI=1S/C12H15F2N5O3/c1-12(2-3-20)8(21)6(13)7(22-12)5-4-16-10-9(15)17-11(14)18-19(5)10/h4,6-8,20-21H,2-3H2,1H3,(H2,15,17,18)/t6-,7-,8-,12+/m0/s1. The van der Waals surface area contributed by atoms with E-state index >= 15 is 0 Å². The summed E-state index contributed by atoms with van der Waals surface area (Å²) in [4.78, 5) is 7.26. The molecule has 0 spiro atoms. The predicted molar refractivity (Wildman–Crippen MR) is 70.0 cm³/mol. The fraction of sp³-hybridized carbons (Fsp3) is 0.583. The van der Waals surface area contributed by atoms with Crippen LogP contribution in [-0.4, -0.2) is 54.3 Å². The Bertz CT molecular complexity index is 711. The summed E-state index contributed by atoms with van der Waals surface area (Å²) in [7, 11) is 0. The smallest absolute Gasteiger partial charge is 0.328 e. The molecule has 1 fully saturated rings. The van der Waals surface area contributed by atoms with Crippen LogP contribution in [0, 0.1) is 6.08 Å². The van der Waals surface area contributed by atoms with E-state index in [1.165, 1.54) is 13.1 Å². The van der Waals surface area contributed by atoms with Crippen molar-refractivity contribution in [1.29, 1.82) is 0 Å². The van der Waals surface area contributed by atoms with E-state index in [0.717, 1.165) is 4.52 Å². The van der Waals surface area contributed by atoms with Gasteiger partial charge in [-0.15, -0.1) is 5.10 Å². The van der Waals surface area contributed by atoms with Crippen molar-refractivity contribution in [3.63, 3.8) is 0 Å². The maximum atomic E-state index is 14.4. The van der Waals surface area contributed by atoms with Crippen molar-refractivity contribution in [2.45, 2.75) is 37.3 Å². The predicted octanol–water partition coefficient (Wildman–Crippen LogP) is -0.243. The largest absolute Gasteiger partial charge is 0.396 e. The summed E-state index contributed by atoms with van der Waals surface area (Å²) >= 11 is 0. The van der Waals surface area contributed by atoms with Crippen molar-refractivity contribution in [1.82, 2.24) is 19.6 Å². The number of nitrogens with two attached hydrogens (primary N) is 1. The molecule has 3 rings (SSSR count). The van der Waals surface area contributed by atoms with E-state index in [4.69, 9.17) is 15.6 Å². The number of aliphatic hydroxyl groups excluding tert-OH is 2. The third kappa shape index (κ3) is 2.11. The zero-order chi connectivity index (χ0) is 16.1. The van der Waals surface area contributed by atoms with Gasteiger partial charge in [0.25, 0.3) is 0 Å². The Hall–Kier alpha value is -1.91. The summed E-state index contributed by atoms with van der Waals surface area (Å²) in [6.45, 7) is 1.22. The molecule has 3 heterocycles. The summed E-state index contributed by atoms with van der Waals surface area (Å²) in [5.74, 6) is -0.189. The number of nitrogens with zero attached hydrogens (tertiary/aromatic N) is 4. The molecule has 1 saturated heterocycles. The minimum Gasteiger partial charge on any atom is -0.396 e. The van der Waals surface area contributed by atoms with Gasteiger partial charge in [-0.25, -0.2) is 13.9 Å². The van der Waals surface area contributed by atoms with Gasteiger partial charge in [-0.05, 0) is 6.92 Å². The molecule has 8 nitrogen and oxygen atoms in total. The van der Waals surface area contributed by atoms with Gasteiger partial charge in [0.1, 0.15) is 12.2 Å². The summed E-state index contributed by atoms with van der Waals surface area (Å²) in [6.07, 6.45) is -4.23. The number of hydrogen-bond donors (Lipinski definition) is 3. The van der Waals surface area contributed by atoms with E-state index in [1.54, 1.807) is 0 Å². The van der Waals surface area contributed by atoms with E-state index in [-0.39, 0.29) is 30.2 Å². The molecule has 2 aromatic rings. The lowest BCUT2D eigenvalue weighted by molar-refractivity contribution is -0.0835. The Balaban J connectivity index is 2.05. The Morgan fingerprint density at radius 1 is 1.55 bits per heavy atom. The fourth-order valence-corrected chi connectivity index (χ4v) is 2.67. The molecule has 4 N–H and O–H groups in total.